The second kappa shape index (κ2) is 41.7. The fourth-order valence-electron chi connectivity index (χ4n) is 7.11. The number of aliphatic hydroxyl groups excluding tert-OH is 5. The first-order valence-corrected chi connectivity index (χ1v) is 26.4. The summed E-state index contributed by atoms with van der Waals surface area (Å²) in [5.41, 5.74) is 0. The second-order valence-corrected chi connectivity index (χ2v) is 18.3. The molecular formula is C52H89O12P. The molecule has 0 aromatic heterocycles. The van der Waals surface area contributed by atoms with Gasteiger partial charge in [-0.2, -0.15) is 0 Å². The molecule has 6 N–H and O–H groups in total. The average molecular weight is 937 g/mol. The van der Waals surface area contributed by atoms with Gasteiger partial charge in [-0.3, -0.25) is 13.8 Å². The van der Waals surface area contributed by atoms with Crippen LogP contribution in [0.1, 0.15) is 174 Å². The number of ether oxygens (including phenoxy) is 2. The minimum Gasteiger partial charge on any atom is -0.457 e. The third kappa shape index (κ3) is 33.6. The molecule has 13 heteroatoms. The lowest BCUT2D eigenvalue weighted by Crippen LogP contribution is -2.64. The summed E-state index contributed by atoms with van der Waals surface area (Å²) >= 11 is 0. The topological polar surface area (TPSA) is 192 Å². The van der Waals surface area contributed by atoms with Gasteiger partial charge in [0.2, 0.25) is 0 Å². The number of allylic oxidation sites excluding steroid dienone is 14. The van der Waals surface area contributed by atoms with Crippen molar-refractivity contribution in [3.8, 4) is 0 Å². The Labute approximate surface area is 392 Å². The SMILES string of the molecule is CC/C=C\C/C=C\C/C=C\C/C=C\C/C=C\C/C=C\C/C=C\CCCC(=O)OC(COCCCCCCCCCCCCCCCCC)COP(=O)(O)OC1C(O)C(O)C(O)C(O)C1O. The molecule has 65 heavy (non-hydrogen) atoms. The molecule has 0 bridgehead atoms. The van der Waals surface area contributed by atoms with Crippen molar-refractivity contribution in [2.24, 2.45) is 0 Å². The number of carbonyl (C=O) groups excluding carboxylic acids is 1. The summed E-state index contributed by atoms with van der Waals surface area (Å²) in [5.74, 6) is -0.536. The van der Waals surface area contributed by atoms with Crippen LogP contribution in [0.3, 0.4) is 0 Å². The largest absolute Gasteiger partial charge is 0.472 e. The van der Waals surface area contributed by atoms with Gasteiger partial charge >= 0.3 is 13.8 Å². The normalized spacial score (nSPS) is 22.3. The molecule has 1 fully saturated rings. The Kier molecular flexibility index (Phi) is 38.8. The quantitative estimate of drug-likeness (QED) is 0.0147. The van der Waals surface area contributed by atoms with Gasteiger partial charge in [0, 0.05) is 13.0 Å². The van der Waals surface area contributed by atoms with Crippen LogP contribution in [0.5, 0.6) is 0 Å². The molecule has 0 heterocycles. The van der Waals surface area contributed by atoms with E-state index in [0.29, 0.717) is 19.4 Å². The molecule has 0 aliphatic heterocycles. The number of aliphatic hydroxyl groups is 5. The van der Waals surface area contributed by atoms with Gasteiger partial charge in [-0.1, -0.05) is 189 Å². The Morgan fingerprint density at radius 2 is 0.892 bits per heavy atom. The molecule has 0 aromatic carbocycles. The smallest absolute Gasteiger partial charge is 0.457 e. The predicted octanol–water partition coefficient (Wildman–Crippen LogP) is 10.9. The Bertz CT molecular complexity index is 1390. The van der Waals surface area contributed by atoms with E-state index in [1.54, 1.807) is 0 Å². The van der Waals surface area contributed by atoms with Gasteiger partial charge in [0.05, 0.1) is 13.2 Å². The minimum atomic E-state index is -5.04. The van der Waals surface area contributed by atoms with Gasteiger partial charge in [0.25, 0.3) is 0 Å². The summed E-state index contributed by atoms with van der Waals surface area (Å²) in [6.07, 6.45) is 43.7. The fourth-order valence-corrected chi connectivity index (χ4v) is 8.08. The van der Waals surface area contributed by atoms with E-state index in [4.69, 9.17) is 18.5 Å². The summed E-state index contributed by atoms with van der Waals surface area (Å²) < 4.78 is 34.2. The minimum absolute atomic E-state index is 0.103. The molecule has 0 saturated heterocycles. The van der Waals surface area contributed by atoms with Crippen LogP contribution in [0.4, 0.5) is 0 Å². The highest BCUT2D eigenvalue weighted by molar-refractivity contribution is 7.47. The molecule has 12 nitrogen and oxygen atoms in total. The zero-order chi connectivity index (χ0) is 47.6. The number of phosphoric acid groups is 1. The first-order valence-electron chi connectivity index (χ1n) is 24.9. The van der Waals surface area contributed by atoms with Crippen molar-refractivity contribution in [1.29, 1.82) is 0 Å². The van der Waals surface area contributed by atoms with Crippen molar-refractivity contribution in [1.82, 2.24) is 0 Å². The molecule has 6 atom stereocenters. The Morgan fingerprint density at radius 3 is 1.32 bits per heavy atom. The molecule has 1 rings (SSSR count). The number of rotatable bonds is 41. The molecule has 374 valence electrons. The highest BCUT2D eigenvalue weighted by Crippen LogP contribution is 2.47. The van der Waals surface area contributed by atoms with E-state index in [1.165, 1.54) is 77.0 Å². The maximum Gasteiger partial charge on any atom is 0.472 e. The number of carbonyl (C=O) groups is 1. The van der Waals surface area contributed by atoms with E-state index in [0.717, 1.165) is 64.2 Å². The lowest BCUT2D eigenvalue weighted by molar-refractivity contribution is -0.220. The Balaban J connectivity index is 2.41. The molecule has 0 amide bonds. The van der Waals surface area contributed by atoms with Gasteiger partial charge in [0.15, 0.2) is 0 Å². The molecule has 0 aromatic rings. The van der Waals surface area contributed by atoms with Crippen molar-refractivity contribution in [2.45, 2.75) is 217 Å². The van der Waals surface area contributed by atoms with Crippen molar-refractivity contribution >= 4 is 13.8 Å². The first kappa shape index (κ1) is 60.5. The zero-order valence-corrected chi connectivity index (χ0v) is 40.9. The highest BCUT2D eigenvalue weighted by atomic mass is 31.2. The Hall–Kier alpha value is -2.48. The van der Waals surface area contributed by atoms with Crippen LogP contribution in [0, 0.1) is 0 Å². The van der Waals surface area contributed by atoms with E-state index in [-0.39, 0.29) is 13.0 Å². The van der Waals surface area contributed by atoms with Gasteiger partial charge in [-0.25, -0.2) is 4.57 Å². The van der Waals surface area contributed by atoms with Gasteiger partial charge in [-0.15, -0.1) is 0 Å². The maximum atomic E-state index is 12.8. The number of hydrogen-bond acceptors (Lipinski definition) is 11. The van der Waals surface area contributed by atoms with Crippen molar-refractivity contribution in [3.63, 3.8) is 0 Å². The van der Waals surface area contributed by atoms with Crippen molar-refractivity contribution in [2.75, 3.05) is 19.8 Å². The fraction of sp³-hybridized carbons (Fsp3) is 0.712. The van der Waals surface area contributed by atoms with Crippen LogP contribution >= 0.6 is 7.82 Å². The molecule has 1 aliphatic carbocycles. The van der Waals surface area contributed by atoms with Crippen molar-refractivity contribution in [3.05, 3.63) is 85.1 Å². The highest BCUT2D eigenvalue weighted by Gasteiger charge is 2.51. The van der Waals surface area contributed by atoms with E-state index in [9.17, 15) is 39.8 Å². The summed E-state index contributed by atoms with van der Waals surface area (Å²) in [4.78, 5) is 23.2. The molecule has 0 spiro atoms. The molecule has 1 saturated carbocycles. The van der Waals surface area contributed by atoms with Crippen LogP contribution in [0.15, 0.2) is 85.1 Å². The molecule has 6 unspecified atom stereocenters. The predicted molar refractivity (Wildman–Crippen MR) is 262 cm³/mol. The van der Waals surface area contributed by atoms with Crippen molar-refractivity contribution < 1.29 is 58.3 Å². The molecule has 1 aliphatic rings. The summed E-state index contributed by atoms with van der Waals surface area (Å²) in [6.45, 7) is 4.09. The van der Waals surface area contributed by atoms with Crippen LogP contribution in [-0.4, -0.2) is 98.9 Å². The third-order valence-electron chi connectivity index (χ3n) is 11.0. The van der Waals surface area contributed by atoms with E-state index < -0.39 is 63.1 Å². The second-order valence-electron chi connectivity index (χ2n) is 16.9. The number of unbranched alkanes of at least 4 members (excludes halogenated alkanes) is 15. The standard InChI is InChI=1S/C52H89O12P/c1-3-5-7-9-11-13-15-17-19-20-21-22-23-24-25-26-27-29-31-33-35-37-39-41-46(53)63-45(44-62-65(59,60)64-52-50(57)48(55)47(54)49(56)51(52)58)43-61-42-40-38-36-34-32-30-28-18-16-14-12-10-8-6-4-2/h5,7,11,13,17,19,21-22,24-25,27,29,33,35,45,47-52,54-58H,3-4,6,8-10,12,14-16,18,20,23,26,28,30-32,34,36-44H2,1-2H3,(H,59,60)/b7-5-,13-11-,19-17-,22-21-,25-24-,29-27-,35-33-. The summed E-state index contributed by atoms with van der Waals surface area (Å²) in [7, 11) is -5.04. The average Bonchev–Trinajstić information content (AvgIpc) is 3.29. The number of hydrogen-bond donors (Lipinski definition) is 6. The van der Waals surface area contributed by atoms with Gasteiger partial charge in [0.1, 0.15) is 42.7 Å². The van der Waals surface area contributed by atoms with Crippen LogP contribution in [0.25, 0.3) is 0 Å². The van der Waals surface area contributed by atoms with Crippen LogP contribution < -0.4 is 0 Å². The van der Waals surface area contributed by atoms with Crippen LogP contribution in [-0.2, 0) is 27.9 Å². The van der Waals surface area contributed by atoms with Gasteiger partial charge < -0.3 is 39.9 Å². The number of esters is 1. The lowest BCUT2D eigenvalue weighted by atomic mass is 9.85. The van der Waals surface area contributed by atoms with Crippen LogP contribution in [0.2, 0.25) is 0 Å². The monoisotopic (exact) mass is 937 g/mol. The lowest BCUT2D eigenvalue weighted by Gasteiger charge is -2.41. The molecular weight excluding hydrogens is 848 g/mol. The number of phosphoric ester groups is 1. The maximum absolute atomic E-state index is 12.8. The summed E-state index contributed by atoms with van der Waals surface area (Å²) in [5, 5.41) is 50.3. The van der Waals surface area contributed by atoms with Gasteiger partial charge in [-0.05, 0) is 64.2 Å². The zero-order valence-electron chi connectivity index (χ0n) is 40.0. The third-order valence-corrected chi connectivity index (χ3v) is 12.0. The summed E-state index contributed by atoms with van der Waals surface area (Å²) in [6, 6.07) is 0. The van der Waals surface area contributed by atoms with E-state index in [2.05, 4.69) is 86.8 Å². The molecule has 0 radical (unpaired) electrons. The Morgan fingerprint density at radius 1 is 0.508 bits per heavy atom. The van der Waals surface area contributed by atoms with E-state index in [1.807, 2.05) is 12.2 Å². The first-order chi connectivity index (χ1) is 31.5. The van der Waals surface area contributed by atoms with E-state index >= 15 is 0 Å².